The van der Waals surface area contributed by atoms with E-state index in [4.69, 9.17) is 4.74 Å². The van der Waals surface area contributed by atoms with Crippen molar-refractivity contribution in [3.05, 3.63) is 89.5 Å². The average Bonchev–Trinajstić information content (AvgIpc) is 2.75. The predicted octanol–water partition coefficient (Wildman–Crippen LogP) is 4.12. The summed E-state index contributed by atoms with van der Waals surface area (Å²) in [7, 11) is -3.78. The number of hydrogen-bond acceptors (Lipinski definition) is 4. The van der Waals surface area contributed by atoms with Crippen LogP contribution in [0.3, 0.4) is 0 Å². The molecule has 1 amide bonds. The molecule has 30 heavy (non-hydrogen) atoms. The molecule has 3 aromatic rings. The molecule has 0 bridgehead atoms. The number of amides is 1. The molecular formula is C23H24N2O4S. The third-order valence-corrected chi connectivity index (χ3v) is 5.83. The minimum atomic E-state index is -3.78. The van der Waals surface area contributed by atoms with E-state index in [0.29, 0.717) is 23.6 Å². The zero-order valence-corrected chi connectivity index (χ0v) is 17.7. The Morgan fingerprint density at radius 2 is 1.67 bits per heavy atom. The van der Waals surface area contributed by atoms with Crippen molar-refractivity contribution in [3.8, 4) is 5.75 Å². The zero-order chi connectivity index (χ0) is 21.6. The Balaban J connectivity index is 1.83. The quantitative estimate of drug-likeness (QED) is 0.570. The van der Waals surface area contributed by atoms with E-state index in [-0.39, 0.29) is 17.3 Å². The van der Waals surface area contributed by atoms with Gasteiger partial charge >= 0.3 is 0 Å². The van der Waals surface area contributed by atoms with Crippen LogP contribution in [0.15, 0.2) is 77.7 Å². The number of carbonyl (C=O) groups is 1. The lowest BCUT2D eigenvalue weighted by Crippen LogP contribution is -2.23. The second-order valence-electron chi connectivity index (χ2n) is 6.72. The first-order chi connectivity index (χ1) is 14.4. The third-order valence-electron chi connectivity index (χ3n) is 4.43. The molecule has 2 N–H and O–H groups in total. The monoisotopic (exact) mass is 424 g/mol. The Bertz CT molecular complexity index is 1110. The number of anilines is 1. The second kappa shape index (κ2) is 9.56. The van der Waals surface area contributed by atoms with Crippen LogP contribution < -0.4 is 14.8 Å². The molecule has 0 fully saturated rings. The van der Waals surface area contributed by atoms with Crippen molar-refractivity contribution in [3.63, 3.8) is 0 Å². The van der Waals surface area contributed by atoms with Crippen LogP contribution in [0.5, 0.6) is 5.75 Å². The van der Waals surface area contributed by atoms with Gasteiger partial charge < -0.3 is 10.1 Å². The van der Waals surface area contributed by atoms with E-state index in [1.54, 1.807) is 30.3 Å². The van der Waals surface area contributed by atoms with Crippen LogP contribution in [0.4, 0.5) is 5.69 Å². The zero-order valence-electron chi connectivity index (χ0n) is 16.9. The molecule has 0 spiro atoms. The van der Waals surface area contributed by atoms with E-state index < -0.39 is 10.0 Å². The van der Waals surface area contributed by atoms with E-state index in [1.807, 2.05) is 44.2 Å². The van der Waals surface area contributed by atoms with Gasteiger partial charge in [0.05, 0.1) is 17.2 Å². The highest BCUT2D eigenvalue weighted by Crippen LogP contribution is 2.28. The van der Waals surface area contributed by atoms with Crippen molar-refractivity contribution in [2.24, 2.45) is 0 Å². The average molecular weight is 425 g/mol. The molecule has 156 valence electrons. The molecule has 0 heterocycles. The van der Waals surface area contributed by atoms with Crippen molar-refractivity contribution in [1.29, 1.82) is 0 Å². The largest absolute Gasteiger partial charge is 0.492 e. The fraction of sp³-hybridized carbons (Fsp3) is 0.174. The number of nitrogens with one attached hydrogen (secondary N) is 2. The van der Waals surface area contributed by atoms with Gasteiger partial charge in [0.15, 0.2) is 0 Å². The van der Waals surface area contributed by atoms with Gasteiger partial charge in [-0.25, -0.2) is 13.1 Å². The number of hydrogen-bond donors (Lipinski definition) is 2. The molecule has 7 heteroatoms. The first-order valence-corrected chi connectivity index (χ1v) is 11.1. The highest BCUT2D eigenvalue weighted by molar-refractivity contribution is 7.89. The fourth-order valence-corrected chi connectivity index (χ4v) is 3.85. The standard InChI is InChI=1S/C23H24N2O4S/c1-3-29-22-14-13-20(15-21(22)25-23(26)19-7-5-4-6-8-19)30(27,28)24-16-18-11-9-17(2)10-12-18/h4-15,24H,3,16H2,1-2H3,(H,25,26). The molecule has 3 rings (SSSR count). The summed E-state index contributed by atoms with van der Waals surface area (Å²) in [5, 5.41) is 2.75. The fourth-order valence-electron chi connectivity index (χ4n) is 2.81. The Morgan fingerprint density at radius 1 is 0.967 bits per heavy atom. The lowest BCUT2D eigenvalue weighted by molar-refractivity contribution is 0.102. The number of sulfonamides is 1. The summed E-state index contributed by atoms with van der Waals surface area (Å²) in [6.45, 7) is 4.34. The smallest absolute Gasteiger partial charge is 0.255 e. The summed E-state index contributed by atoms with van der Waals surface area (Å²) in [5.74, 6) is 0.0537. The summed E-state index contributed by atoms with van der Waals surface area (Å²) >= 11 is 0. The maximum atomic E-state index is 12.8. The lowest BCUT2D eigenvalue weighted by Gasteiger charge is -2.14. The predicted molar refractivity (Wildman–Crippen MR) is 117 cm³/mol. The van der Waals surface area contributed by atoms with Crippen LogP contribution in [-0.4, -0.2) is 20.9 Å². The normalized spacial score (nSPS) is 11.1. The SMILES string of the molecule is CCOc1ccc(S(=O)(=O)NCc2ccc(C)cc2)cc1NC(=O)c1ccccc1. The number of aryl methyl sites for hydroxylation is 1. The van der Waals surface area contributed by atoms with E-state index in [2.05, 4.69) is 10.0 Å². The molecule has 0 aliphatic heterocycles. The van der Waals surface area contributed by atoms with E-state index in [9.17, 15) is 13.2 Å². The number of ether oxygens (including phenoxy) is 1. The summed E-state index contributed by atoms with van der Waals surface area (Å²) in [4.78, 5) is 12.6. The Kier molecular flexibility index (Phi) is 6.87. The first-order valence-electron chi connectivity index (χ1n) is 9.57. The molecule has 0 aliphatic rings. The molecular weight excluding hydrogens is 400 g/mol. The number of rotatable bonds is 8. The van der Waals surface area contributed by atoms with Gasteiger partial charge in [0, 0.05) is 12.1 Å². The molecule has 0 radical (unpaired) electrons. The van der Waals surface area contributed by atoms with Crippen molar-refractivity contribution >= 4 is 21.6 Å². The van der Waals surface area contributed by atoms with E-state index in [0.717, 1.165) is 11.1 Å². The molecule has 0 atom stereocenters. The first kappa shape index (κ1) is 21.5. The number of carbonyl (C=O) groups excluding carboxylic acids is 1. The highest BCUT2D eigenvalue weighted by Gasteiger charge is 2.18. The van der Waals surface area contributed by atoms with Crippen molar-refractivity contribution < 1.29 is 17.9 Å². The maximum Gasteiger partial charge on any atom is 0.255 e. The molecule has 0 saturated heterocycles. The second-order valence-corrected chi connectivity index (χ2v) is 8.49. The van der Waals surface area contributed by atoms with Crippen LogP contribution in [0.25, 0.3) is 0 Å². The van der Waals surface area contributed by atoms with Gasteiger partial charge in [-0.1, -0.05) is 48.0 Å². The van der Waals surface area contributed by atoms with Crippen molar-refractivity contribution in [2.45, 2.75) is 25.3 Å². The molecule has 0 saturated carbocycles. The summed E-state index contributed by atoms with van der Waals surface area (Å²) < 4.78 is 33.7. The Hall–Kier alpha value is -3.16. The van der Waals surface area contributed by atoms with Gasteiger partial charge in [-0.3, -0.25) is 4.79 Å². The summed E-state index contributed by atoms with van der Waals surface area (Å²) in [6, 6.07) is 20.7. The summed E-state index contributed by atoms with van der Waals surface area (Å²) in [6.07, 6.45) is 0. The van der Waals surface area contributed by atoms with Gasteiger partial charge in [-0.05, 0) is 49.7 Å². The van der Waals surface area contributed by atoms with Crippen molar-refractivity contribution in [2.75, 3.05) is 11.9 Å². The van der Waals surface area contributed by atoms with Gasteiger partial charge in [-0.2, -0.15) is 0 Å². The minimum absolute atomic E-state index is 0.0430. The minimum Gasteiger partial charge on any atom is -0.492 e. The lowest BCUT2D eigenvalue weighted by atomic mass is 10.2. The highest BCUT2D eigenvalue weighted by atomic mass is 32.2. The van der Waals surface area contributed by atoms with E-state index >= 15 is 0 Å². The maximum absolute atomic E-state index is 12.8. The molecule has 0 aromatic heterocycles. The molecule has 0 aliphatic carbocycles. The van der Waals surface area contributed by atoms with Crippen LogP contribution in [0.2, 0.25) is 0 Å². The molecule has 3 aromatic carbocycles. The van der Waals surface area contributed by atoms with Crippen LogP contribution in [-0.2, 0) is 16.6 Å². The topological polar surface area (TPSA) is 84.5 Å². The van der Waals surface area contributed by atoms with Crippen LogP contribution in [0, 0.1) is 6.92 Å². The Labute approximate surface area is 177 Å². The number of benzene rings is 3. The van der Waals surface area contributed by atoms with Gasteiger partial charge in [-0.15, -0.1) is 0 Å². The third kappa shape index (κ3) is 5.46. The summed E-state index contributed by atoms with van der Waals surface area (Å²) in [5.41, 5.74) is 2.72. The van der Waals surface area contributed by atoms with Gasteiger partial charge in [0.2, 0.25) is 10.0 Å². The Morgan fingerprint density at radius 3 is 2.33 bits per heavy atom. The van der Waals surface area contributed by atoms with E-state index in [1.165, 1.54) is 12.1 Å². The van der Waals surface area contributed by atoms with Crippen LogP contribution >= 0.6 is 0 Å². The van der Waals surface area contributed by atoms with Crippen LogP contribution in [0.1, 0.15) is 28.4 Å². The molecule has 0 unspecified atom stereocenters. The van der Waals surface area contributed by atoms with Crippen molar-refractivity contribution in [1.82, 2.24) is 4.72 Å². The van der Waals surface area contributed by atoms with Gasteiger partial charge in [0.1, 0.15) is 5.75 Å². The van der Waals surface area contributed by atoms with Gasteiger partial charge in [0.25, 0.3) is 5.91 Å². The molecule has 6 nitrogen and oxygen atoms in total.